The molecule has 0 saturated carbocycles. The van der Waals surface area contributed by atoms with E-state index >= 15 is 0 Å². The number of rotatable bonds is 5. The number of methoxy groups -OCH3 is 1. The van der Waals surface area contributed by atoms with Gasteiger partial charge in [0.1, 0.15) is 5.75 Å². The van der Waals surface area contributed by atoms with Crippen LogP contribution in [-0.2, 0) is 10.4 Å². The highest BCUT2D eigenvalue weighted by Crippen LogP contribution is 2.35. The van der Waals surface area contributed by atoms with Crippen LogP contribution in [-0.4, -0.2) is 29.6 Å². The van der Waals surface area contributed by atoms with Crippen LogP contribution in [0.3, 0.4) is 0 Å². The van der Waals surface area contributed by atoms with Crippen LogP contribution in [0.1, 0.15) is 43.4 Å². The van der Waals surface area contributed by atoms with Crippen molar-refractivity contribution in [2.24, 2.45) is 0 Å². The predicted octanol–water partition coefficient (Wildman–Crippen LogP) is 3.66. The Kier molecular flexibility index (Phi) is 5.09. The van der Waals surface area contributed by atoms with E-state index in [1.807, 2.05) is 59.5 Å². The molecule has 2 unspecified atom stereocenters. The molecule has 132 valence electrons. The van der Waals surface area contributed by atoms with Gasteiger partial charge in [-0.1, -0.05) is 42.5 Å². The van der Waals surface area contributed by atoms with Gasteiger partial charge in [0.25, 0.3) is 0 Å². The van der Waals surface area contributed by atoms with E-state index in [-0.39, 0.29) is 18.4 Å². The zero-order chi connectivity index (χ0) is 17.9. The van der Waals surface area contributed by atoms with Gasteiger partial charge in [0.2, 0.25) is 5.91 Å². The van der Waals surface area contributed by atoms with Gasteiger partial charge in [-0.2, -0.15) is 0 Å². The second-order valence-corrected chi connectivity index (χ2v) is 6.84. The summed E-state index contributed by atoms with van der Waals surface area (Å²) in [5.74, 6) is 0.784. The SMILES string of the molecule is COc1cccc(C2CCCN2C(=O)CC(C)(O)c2ccccc2)c1. The molecule has 1 heterocycles. The van der Waals surface area contributed by atoms with Gasteiger partial charge in [-0.3, -0.25) is 4.79 Å². The summed E-state index contributed by atoms with van der Waals surface area (Å²) in [6, 6.07) is 17.3. The zero-order valence-electron chi connectivity index (χ0n) is 14.8. The van der Waals surface area contributed by atoms with Crippen LogP contribution in [0.4, 0.5) is 0 Å². The van der Waals surface area contributed by atoms with Crippen molar-refractivity contribution in [2.45, 2.75) is 37.8 Å². The van der Waals surface area contributed by atoms with Crippen LogP contribution < -0.4 is 4.74 Å². The molecular formula is C21H25NO3. The first-order valence-corrected chi connectivity index (χ1v) is 8.72. The summed E-state index contributed by atoms with van der Waals surface area (Å²) in [4.78, 5) is 14.8. The summed E-state index contributed by atoms with van der Waals surface area (Å²) >= 11 is 0. The first-order valence-electron chi connectivity index (χ1n) is 8.72. The van der Waals surface area contributed by atoms with Gasteiger partial charge in [0.05, 0.1) is 25.2 Å². The molecule has 1 amide bonds. The molecule has 1 N–H and O–H groups in total. The Hall–Kier alpha value is -2.33. The van der Waals surface area contributed by atoms with Crippen molar-refractivity contribution < 1.29 is 14.6 Å². The number of amides is 1. The highest BCUT2D eigenvalue weighted by Gasteiger charge is 2.34. The van der Waals surface area contributed by atoms with Crippen LogP contribution in [0.2, 0.25) is 0 Å². The molecule has 2 atom stereocenters. The highest BCUT2D eigenvalue weighted by atomic mass is 16.5. The van der Waals surface area contributed by atoms with Crippen LogP contribution in [0.15, 0.2) is 54.6 Å². The molecule has 0 aromatic heterocycles. The molecule has 1 aliphatic heterocycles. The van der Waals surface area contributed by atoms with Gasteiger partial charge in [0.15, 0.2) is 0 Å². The molecule has 1 aliphatic rings. The third-order valence-electron chi connectivity index (χ3n) is 4.94. The summed E-state index contributed by atoms with van der Waals surface area (Å²) in [7, 11) is 1.65. The minimum atomic E-state index is -1.17. The smallest absolute Gasteiger partial charge is 0.226 e. The number of ether oxygens (including phenoxy) is 1. The van der Waals surface area contributed by atoms with E-state index in [0.29, 0.717) is 0 Å². The maximum atomic E-state index is 12.9. The molecule has 25 heavy (non-hydrogen) atoms. The lowest BCUT2D eigenvalue weighted by Crippen LogP contribution is -2.36. The molecule has 3 rings (SSSR count). The molecule has 0 bridgehead atoms. The van der Waals surface area contributed by atoms with Crippen molar-refractivity contribution in [3.05, 3.63) is 65.7 Å². The van der Waals surface area contributed by atoms with Crippen molar-refractivity contribution in [3.63, 3.8) is 0 Å². The number of benzene rings is 2. The standard InChI is InChI=1S/C21H25NO3/c1-21(24,17-9-4-3-5-10-17)15-20(23)22-13-7-12-19(22)16-8-6-11-18(14-16)25-2/h3-6,8-11,14,19,24H,7,12-13,15H2,1-2H3. The minimum Gasteiger partial charge on any atom is -0.497 e. The average Bonchev–Trinajstić information content (AvgIpc) is 3.12. The number of carbonyl (C=O) groups excluding carboxylic acids is 1. The van der Waals surface area contributed by atoms with Crippen molar-refractivity contribution in [1.82, 2.24) is 4.90 Å². The van der Waals surface area contributed by atoms with E-state index in [4.69, 9.17) is 4.74 Å². The number of likely N-dealkylation sites (tertiary alicyclic amines) is 1. The molecule has 4 nitrogen and oxygen atoms in total. The van der Waals surface area contributed by atoms with Gasteiger partial charge >= 0.3 is 0 Å². The van der Waals surface area contributed by atoms with E-state index < -0.39 is 5.60 Å². The fourth-order valence-corrected chi connectivity index (χ4v) is 3.56. The van der Waals surface area contributed by atoms with Gasteiger partial charge in [-0.15, -0.1) is 0 Å². The Balaban J connectivity index is 1.76. The van der Waals surface area contributed by atoms with Crippen LogP contribution in [0.25, 0.3) is 0 Å². The number of carbonyl (C=O) groups is 1. The summed E-state index contributed by atoms with van der Waals surface area (Å²) in [6.45, 7) is 2.43. The lowest BCUT2D eigenvalue weighted by Gasteiger charge is -2.30. The molecule has 4 heteroatoms. The Bertz CT molecular complexity index is 727. The zero-order valence-corrected chi connectivity index (χ0v) is 14.8. The Morgan fingerprint density at radius 2 is 2.00 bits per heavy atom. The summed E-state index contributed by atoms with van der Waals surface area (Å²) < 4.78 is 5.31. The van der Waals surface area contributed by atoms with E-state index in [2.05, 4.69) is 0 Å². The second-order valence-electron chi connectivity index (χ2n) is 6.84. The summed E-state index contributed by atoms with van der Waals surface area (Å²) in [5.41, 5.74) is 0.685. The van der Waals surface area contributed by atoms with Crippen LogP contribution in [0.5, 0.6) is 5.75 Å². The minimum absolute atomic E-state index is 0.0147. The number of hydrogen-bond donors (Lipinski definition) is 1. The third-order valence-corrected chi connectivity index (χ3v) is 4.94. The molecule has 0 aliphatic carbocycles. The van der Waals surface area contributed by atoms with Gasteiger partial charge in [0, 0.05) is 6.54 Å². The summed E-state index contributed by atoms with van der Waals surface area (Å²) in [5, 5.41) is 10.8. The monoisotopic (exact) mass is 339 g/mol. The van der Waals surface area contributed by atoms with Crippen LogP contribution in [0, 0.1) is 0 Å². The second kappa shape index (κ2) is 7.28. The molecule has 1 fully saturated rings. The molecule has 0 spiro atoms. The lowest BCUT2D eigenvalue weighted by atomic mass is 9.91. The Morgan fingerprint density at radius 3 is 2.72 bits per heavy atom. The Labute approximate surface area is 149 Å². The first-order chi connectivity index (χ1) is 12.0. The van der Waals surface area contributed by atoms with Crippen LogP contribution >= 0.6 is 0 Å². The third kappa shape index (κ3) is 3.85. The van der Waals surface area contributed by atoms with E-state index in [9.17, 15) is 9.90 Å². The topological polar surface area (TPSA) is 49.8 Å². The summed E-state index contributed by atoms with van der Waals surface area (Å²) in [6.07, 6.45) is 1.99. The van der Waals surface area contributed by atoms with Crippen molar-refractivity contribution >= 4 is 5.91 Å². The van der Waals surface area contributed by atoms with Crippen molar-refractivity contribution in [2.75, 3.05) is 13.7 Å². The van der Waals surface area contributed by atoms with Gasteiger partial charge < -0.3 is 14.7 Å². The largest absolute Gasteiger partial charge is 0.497 e. The number of hydrogen-bond acceptors (Lipinski definition) is 3. The fourth-order valence-electron chi connectivity index (χ4n) is 3.56. The molecule has 2 aromatic rings. The number of aliphatic hydroxyl groups is 1. The average molecular weight is 339 g/mol. The quantitative estimate of drug-likeness (QED) is 0.904. The maximum Gasteiger partial charge on any atom is 0.226 e. The van der Waals surface area contributed by atoms with Crippen molar-refractivity contribution in [3.8, 4) is 5.75 Å². The lowest BCUT2D eigenvalue weighted by molar-refractivity contribution is -0.137. The molecule has 1 saturated heterocycles. The fraction of sp³-hybridized carbons (Fsp3) is 0.381. The molecular weight excluding hydrogens is 314 g/mol. The molecule has 0 radical (unpaired) electrons. The van der Waals surface area contributed by atoms with Crippen molar-refractivity contribution in [1.29, 1.82) is 0 Å². The van der Waals surface area contributed by atoms with E-state index in [0.717, 1.165) is 36.3 Å². The number of nitrogens with zero attached hydrogens (tertiary/aromatic N) is 1. The predicted molar refractivity (Wildman–Crippen MR) is 97.3 cm³/mol. The van der Waals surface area contributed by atoms with E-state index in [1.54, 1.807) is 14.0 Å². The maximum absolute atomic E-state index is 12.9. The molecule has 2 aromatic carbocycles. The first kappa shape index (κ1) is 17.5. The van der Waals surface area contributed by atoms with Gasteiger partial charge in [-0.05, 0) is 43.0 Å². The Morgan fingerprint density at radius 1 is 1.24 bits per heavy atom. The van der Waals surface area contributed by atoms with Gasteiger partial charge in [-0.25, -0.2) is 0 Å². The highest BCUT2D eigenvalue weighted by molar-refractivity contribution is 5.78. The normalized spacial score (nSPS) is 19.5. The van der Waals surface area contributed by atoms with E-state index in [1.165, 1.54) is 0 Å².